The fraction of sp³-hybridized carbons (Fsp3) is 0.357. The first-order valence-corrected chi connectivity index (χ1v) is 13.7. The molecule has 0 saturated carbocycles. The number of nitrogens with one attached hydrogen (secondary N) is 1. The van der Waals surface area contributed by atoms with Crippen molar-refractivity contribution in [2.45, 2.75) is 51.9 Å². The van der Waals surface area contributed by atoms with Crippen molar-refractivity contribution < 1.29 is 19.4 Å². The van der Waals surface area contributed by atoms with Gasteiger partial charge >= 0.3 is 6.09 Å². The molecule has 2 N–H and O–H groups in total. The van der Waals surface area contributed by atoms with Gasteiger partial charge in [0.2, 0.25) is 0 Å². The molecule has 0 atom stereocenters. The SMILES string of the molecule is CC(C)(C)OC(=O)N1Cc2c(-c3cc(Cl)nn4ccnc34)ncc(Nc3ccc(N4CCC(O)CC4)cn3)c2C1=O. The highest BCUT2D eigenvalue weighted by atomic mass is 35.5. The van der Waals surface area contributed by atoms with Crippen LogP contribution in [0.3, 0.4) is 0 Å². The lowest BCUT2D eigenvalue weighted by Crippen LogP contribution is -2.37. The number of carbonyl (C=O) groups excluding carboxylic acids is 2. The van der Waals surface area contributed by atoms with Crippen LogP contribution in [0.1, 0.15) is 49.5 Å². The Labute approximate surface area is 240 Å². The van der Waals surface area contributed by atoms with Gasteiger partial charge in [-0.05, 0) is 51.8 Å². The molecule has 0 unspecified atom stereocenters. The molecule has 0 spiro atoms. The van der Waals surface area contributed by atoms with Gasteiger partial charge < -0.3 is 20.1 Å². The van der Waals surface area contributed by atoms with Gasteiger partial charge in [-0.25, -0.2) is 24.2 Å². The molecule has 0 aromatic carbocycles. The number of amides is 2. The van der Waals surface area contributed by atoms with E-state index in [1.54, 1.807) is 51.6 Å². The van der Waals surface area contributed by atoms with Gasteiger partial charge in [0, 0.05) is 36.6 Å². The van der Waals surface area contributed by atoms with E-state index in [2.05, 4.69) is 25.3 Å². The number of piperidine rings is 1. The van der Waals surface area contributed by atoms with Gasteiger partial charge in [0.1, 0.15) is 11.4 Å². The largest absolute Gasteiger partial charge is 0.443 e. The number of imide groups is 1. The van der Waals surface area contributed by atoms with Gasteiger partial charge in [0.15, 0.2) is 10.8 Å². The number of aromatic nitrogens is 5. The first-order valence-electron chi connectivity index (χ1n) is 13.3. The molecule has 4 aromatic rings. The van der Waals surface area contributed by atoms with Crippen LogP contribution in [0.5, 0.6) is 0 Å². The molecule has 0 radical (unpaired) electrons. The van der Waals surface area contributed by atoms with Crippen molar-refractivity contribution in [3.63, 3.8) is 0 Å². The first-order chi connectivity index (χ1) is 19.6. The summed E-state index contributed by atoms with van der Waals surface area (Å²) >= 11 is 6.30. The molecule has 0 bridgehead atoms. The molecule has 0 aliphatic carbocycles. The van der Waals surface area contributed by atoms with Gasteiger partial charge in [0.25, 0.3) is 5.91 Å². The fourth-order valence-electron chi connectivity index (χ4n) is 5.08. The maximum absolute atomic E-state index is 13.7. The third-order valence-electron chi connectivity index (χ3n) is 6.99. The summed E-state index contributed by atoms with van der Waals surface area (Å²) in [6.07, 6.45) is 6.98. The number of rotatable bonds is 4. The third-order valence-corrected chi connectivity index (χ3v) is 7.18. The summed E-state index contributed by atoms with van der Waals surface area (Å²) in [5.74, 6) is -0.00271. The van der Waals surface area contributed by atoms with Crippen molar-refractivity contribution in [2.75, 3.05) is 23.3 Å². The summed E-state index contributed by atoms with van der Waals surface area (Å²) < 4.78 is 7.06. The van der Waals surface area contributed by atoms with E-state index in [1.807, 2.05) is 12.1 Å². The Balaban J connectivity index is 1.37. The van der Waals surface area contributed by atoms with Crippen LogP contribution in [-0.2, 0) is 11.3 Å². The van der Waals surface area contributed by atoms with Crippen LogP contribution in [0, 0.1) is 0 Å². The number of carbonyl (C=O) groups is 2. The van der Waals surface area contributed by atoms with E-state index in [0.29, 0.717) is 46.8 Å². The lowest BCUT2D eigenvalue weighted by molar-refractivity contribution is 0.0248. The lowest BCUT2D eigenvalue weighted by atomic mass is 10.0. The normalized spacial score (nSPS) is 15.9. The van der Waals surface area contributed by atoms with E-state index in [9.17, 15) is 14.7 Å². The molecule has 13 heteroatoms. The number of aliphatic hydroxyl groups excluding tert-OH is 1. The fourth-order valence-corrected chi connectivity index (χ4v) is 5.27. The Kier molecular flexibility index (Phi) is 6.74. The van der Waals surface area contributed by atoms with Crippen molar-refractivity contribution in [2.24, 2.45) is 0 Å². The minimum absolute atomic E-state index is 0.0408. The van der Waals surface area contributed by atoms with Crippen molar-refractivity contribution >= 4 is 46.4 Å². The minimum Gasteiger partial charge on any atom is -0.443 e. The van der Waals surface area contributed by atoms with Crippen LogP contribution in [0.4, 0.5) is 22.0 Å². The Morgan fingerprint density at radius 3 is 2.63 bits per heavy atom. The summed E-state index contributed by atoms with van der Waals surface area (Å²) in [4.78, 5) is 43.7. The maximum atomic E-state index is 13.7. The molecule has 1 saturated heterocycles. The quantitative estimate of drug-likeness (QED) is 0.358. The predicted octanol–water partition coefficient (Wildman–Crippen LogP) is 4.44. The average molecular weight is 577 g/mol. The van der Waals surface area contributed by atoms with E-state index in [4.69, 9.17) is 21.3 Å². The third kappa shape index (κ3) is 5.27. The van der Waals surface area contributed by atoms with Crippen LogP contribution in [-0.4, -0.2) is 71.4 Å². The predicted molar refractivity (Wildman–Crippen MR) is 152 cm³/mol. The summed E-state index contributed by atoms with van der Waals surface area (Å²) in [5, 5.41) is 17.5. The second-order valence-electron chi connectivity index (χ2n) is 11.1. The van der Waals surface area contributed by atoms with Crippen LogP contribution >= 0.6 is 11.6 Å². The van der Waals surface area contributed by atoms with Crippen LogP contribution in [0.2, 0.25) is 5.15 Å². The van der Waals surface area contributed by atoms with Crippen molar-refractivity contribution in [3.8, 4) is 11.3 Å². The molecule has 4 aromatic heterocycles. The average Bonchev–Trinajstić information content (AvgIpc) is 3.53. The highest BCUT2D eigenvalue weighted by Crippen LogP contribution is 2.38. The zero-order valence-electron chi connectivity index (χ0n) is 22.8. The highest BCUT2D eigenvalue weighted by molar-refractivity contribution is 6.29. The molecule has 6 rings (SSSR count). The molecule has 6 heterocycles. The first kappa shape index (κ1) is 26.9. The number of nitrogens with zero attached hydrogens (tertiary/aromatic N) is 7. The Hall–Kier alpha value is -4.29. The highest BCUT2D eigenvalue weighted by Gasteiger charge is 2.39. The van der Waals surface area contributed by atoms with Gasteiger partial charge in [-0.3, -0.25) is 9.78 Å². The Bertz CT molecular complexity index is 1640. The molecule has 2 aliphatic rings. The second kappa shape index (κ2) is 10.3. The monoisotopic (exact) mass is 576 g/mol. The van der Waals surface area contributed by atoms with Crippen LogP contribution < -0.4 is 10.2 Å². The topological polar surface area (TPSA) is 138 Å². The number of pyridine rings is 2. The minimum atomic E-state index is -0.785. The smallest absolute Gasteiger partial charge is 0.417 e. The van der Waals surface area contributed by atoms with Crippen molar-refractivity contribution in [3.05, 3.63) is 59.3 Å². The van der Waals surface area contributed by atoms with E-state index < -0.39 is 17.6 Å². The molecule has 2 aliphatic heterocycles. The van der Waals surface area contributed by atoms with E-state index >= 15 is 0 Å². The number of fused-ring (bicyclic) bond motifs is 2. The van der Waals surface area contributed by atoms with Gasteiger partial charge in [-0.1, -0.05) is 11.6 Å². The zero-order valence-corrected chi connectivity index (χ0v) is 23.6. The number of halogens is 1. The van der Waals surface area contributed by atoms with Gasteiger partial charge in [-0.2, -0.15) is 5.10 Å². The summed E-state index contributed by atoms with van der Waals surface area (Å²) in [7, 11) is 0. The molecule has 2 amide bonds. The van der Waals surface area contributed by atoms with Gasteiger partial charge in [0.05, 0.1) is 47.7 Å². The number of anilines is 3. The molecular weight excluding hydrogens is 548 g/mol. The summed E-state index contributed by atoms with van der Waals surface area (Å²) in [6.45, 7) is 6.70. The van der Waals surface area contributed by atoms with E-state index in [1.165, 1.54) is 4.52 Å². The number of hydrogen-bond donors (Lipinski definition) is 2. The zero-order chi connectivity index (χ0) is 28.9. The molecular formula is C28H29ClN8O4. The lowest BCUT2D eigenvalue weighted by Gasteiger charge is -2.31. The number of hydrogen-bond acceptors (Lipinski definition) is 10. The maximum Gasteiger partial charge on any atom is 0.417 e. The van der Waals surface area contributed by atoms with Crippen molar-refractivity contribution in [1.82, 2.24) is 29.5 Å². The van der Waals surface area contributed by atoms with Gasteiger partial charge in [-0.15, -0.1) is 0 Å². The Morgan fingerprint density at radius 2 is 1.93 bits per heavy atom. The van der Waals surface area contributed by atoms with Crippen LogP contribution in [0.15, 0.2) is 43.0 Å². The van der Waals surface area contributed by atoms with E-state index in [0.717, 1.165) is 23.7 Å². The molecule has 12 nitrogen and oxygen atoms in total. The van der Waals surface area contributed by atoms with Crippen molar-refractivity contribution in [1.29, 1.82) is 0 Å². The summed E-state index contributed by atoms with van der Waals surface area (Å²) in [5.41, 5.74) is 2.93. The number of aliphatic hydroxyl groups is 1. The standard InChI is InChI=1S/C28H29ClN8O4/c1-28(2,3)41-27(40)36-15-19-23(26(36)39)20(14-32-24(19)18-12-21(29)34-37-11-8-30-25(18)37)33-22-5-4-16(13-31-22)35-9-6-17(38)7-10-35/h4-5,8,11-14,17,38H,6-7,9-10,15H2,1-3H3,(H,31,33). The van der Waals surface area contributed by atoms with Crippen LogP contribution in [0.25, 0.3) is 16.9 Å². The number of imidazole rings is 1. The Morgan fingerprint density at radius 1 is 1.15 bits per heavy atom. The number of ether oxygens (including phenoxy) is 1. The molecule has 212 valence electrons. The molecule has 41 heavy (non-hydrogen) atoms. The summed E-state index contributed by atoms with van der Waals surface area (Å²) in [6, 6.07) is 5.40. The molecule has 1 fully saturated rings. The second-order valence-corrected chi connectivity index (χ2v) is 11.5. The van der Waals surface area contributed by atoms with E-state index in [-0.39, 0.29) is 23.4 Å².